The maximum absolute atomic E-state index is 11.7. The van der Waals surface area contributed by atoms with Gasteiger partial charge < -0.3 is 14.2 Å². The first-order chi connectivity index (χ1) is 12.2. The molecule has 0 amide bonds. The monoisotopic (exact) mass is 340 g/mol. The number of esters is 1. The highest BCUT2D eigenvalue weighted by Crippen LogP contribution is 2.33. The fourth-order valence-corrected chi connectivity index (χ4v) is 2.51. The zero-order chi connectivity index (χ0) is 17.8. The van der Waals surface area contributed by atoms with Gasteiger partial charge in [-0.05, 0) is 41.6 Å². The molecule has 128 valence electrons. The lowest BCUT2D eigenvalue weighted by molar-refractivity contribution is -0.596. The molecule has 0 fully saturated rings. The second kappa shape index (κ2) is 7.09. The number of aromatic amines is 1. The van der Waals surface area contributed by atoms with Gasteiger partial charge in [0.25, 0.3) is 5.69 Å². The minimum atomic E-state index is -0.384. The number of H-pyrrole nitrogens is 1. The molecule has 0 atom stereocenters. The van der Waals surface area contributed by atoms with Crippen molar-refractivity contribution in [2.24, 2.45) is 0 Å². The molecule has 0 spiro atoms. The largest absolute Gasteiger partial charge is 0.493 e. The minimum Gasteiger partial charge on any atom is -0.493 e. The van der Waals surface area contributed by atoms with Crippen LogP contribution in [0.2, 0.25) is 0 Å². The van der Waals surface area contributed by atoms with Crippen LogP contribution in [0.25, 0.3) is 22.6 Å². The molecule has 1 N–H and O–H groups in total. The van der Waals surface area contributed by atoms with Gasteiger partial charge in [-0.1, -0.05) is 6.07 Å². The SMILES string of the molecule is COC(=O)c1cccc(-c2cc(-c3ccc(OC)c(OC)c3)o[nH+]2)c1. The maximum atomic E-state index is 11.7. The van der Waals surface area contributed by atoms with Crippen molar-refractivity contribution in [3.63, 3.8) is 0 Å². The molecule has 6 nitrogen and oxygen atoms in total. The lowest BCUT2D eigenvalue weighted by Crippen LogP contribution is -2.03. The standard InChI is InChI=1S/C19H17NO5/c1-22-16-8-7-13(10-18(16)23-2)17-11-15(20-25-17)12-5-4-6-14(9-12)19(21)24-3/h4-11H,1-3H3/p+1. The Labute approximate surface area is 144 Å². The van der Waals surface area contributed by atoms with Crippen molar-refractivity contribution in [1.82, 2.24) is 0 Å². The van der Waals surface area contributed by atoms with Gasteiger partial charge in [-0.25, -0.2) is 9.32 Å². The molecule has 2 aromatic carbocycles. The van der Waals surface area contributed by atoms with Gasteiger partial charge in [0, 0.05) is 5.56 Å². The summed E-state index contributed by atoms with van der Waals surface area (Å²) in [6, 6.07) is 14.5. The Morgan fingerprint density at radius 2 is 1.72 bits per heavy atom. The molecule has 3 rings (SSSR count). The highest BCUT2D eigenvalue weighted by Gasteiger charge is 2.17. The summed E-state index contributed by atoms with van der Waals surface area (Å²) >= 11 is 0. The molecule has 1 heterocycles. The number of carbonyl (C=O) groups is 1. The molecule has 0 aliphatic carbocycles. The van der Waals surface area contributed by atoms with Gasteiger partial charge >= 0.3 is 5.97 Å². The van der Waals surface area contributed by atoms with Crippen molar-refractivity contribution in [2.45, 2.75) is 0 Å². The van der Waals surface area contributed by atoms with Gasteiger partial charge in [0.2, 0.25) is 5.76 Å². The van der Waals surface area contributed by atoms with E-state index in [0.717, 1.165) is 16.8 Å². The highest BCUT2D eigenvalue weighted by molar-refractivity contribution is 5.90. The van der Waals surface area contributed by atoms with Crippen LogP contribution in [0.4, 0.5) is 0 Å². The van der Waals surface area contributed by atoms with Gasteiger partial charge in [-0.15, -0.1) is 0 Å². The van der Waals surface area contributed by atoms with Crippen LogP contribution >= 0.6 is 0 Å². The summed E-state index contributed by atoms with van der Waals surface area (Å²) in [5.41, 5.74) is 2.88. The number of ether oxygens (including phenoxy) is 3. The van der Waals surface area contributed by atoms with E-state index in [9.17, 15) is 4.79 Å². The van der Waals surface area contributed by atoms with E-state index in [4.69, 9.17) is 18.7 Å². The van der Waals surface area contributed by atoms with E-state index in [1.807, 2.05) is 30.3 Å². The summed E-state index contributed by atoms with van der Waals surface area (Å²) in [6.45, 7) is 0. The number of rotatable bonds is 5. The minimum absolute atomic E-state index is 0.384. The van der Waals surface area contributed by atoms with Crippen molar-refractivity contribution < 1.29 is 28.7 Å². The van der Waals surface area contributed by atoms with Crippen molar-refractivity contribution in [3.05, 3.63) is 54.1 Å². The normalized spacial score (nSPS) is 10.4. The first-order valence-corrected chi connectivity index (χ1v) is 7.59. The Balaban J connectivity index is 1.94. The number of benzene rings is 2. The zero-order valence-electron chi connectivity index (χ0n) is 14.2. The van der Waals surface area contributed by atoms with Gasteiger partial charge in [-0.3, -0.25) is 0 Å². The Morgan fingerprint density at radius 1 is 0.920 bits per heavy atom. The van der Waals surface area contributed by atoms with Crippen LogP contribution in [0, 0.1) is 0 Å². The summed E-state index contributed by atoms with van der Waals surface area (Å²) in [5, 5.41) is 2.87. The van der Waals surface area contributed by atoms with Crippen LogP contribution < -0.4 is 14.6 Å². The molecule has 0 saturated heterocycles. The lowest BCUT2D eigenvalue weighted by atomic mass is 10.1. The predicted molar refractivity (Wildman–Crippen MR) is 90.6 cm³/mol. The molecule has 1 aromatic heterocycles. The molecule has 3 aromatic rings. The van der Waals surface area contributed by atoms with Gasteiger partial charge in [-0.2, -0.15) is 0 Å². The molecular formula is C19H18NO5+. The summed E-state index contributed by atoms with van der Waals surface area (Å²) in [5.74, 6) is 1.52. The smallest absolute Gasteiger partial charge is 0.337 e. The Morgan fingerprint density at radius 3 is 2.44 bits per heavy atom. The van der Waals surface area contributed by atoms with E-state index in [1.165, 1.54) is 7.11 Å². The van der Waals surface area contributed by atoms with Crippen LogP contribution in [-0.4, -0.2) is 27.3 Å². The molecule has 0 bridgehead atoms. The van der Waals surface area contributed by atoms with E-state index < -0.39 is 0 Å². The number of methoxy groups -OCH3 is 3. The van der Waals surface area contributed by atoms with E-state index in [2.05, 4.69) is 5.16 Å². The third-order valence-corrected chi connectivity index (χ3v) is 3.81. The van der Waals surface area contributed by atoms with E-state index in [-0.39, 0.29) is 5.97 Å². The van der Waals surface area contributed by atoms with Gasteiger partial charge in [0.15, 0.2) is 11.5 Å². The second-order valence-electron chi connectivity index (χ2n) is 5.27. The summed E-state index contributed by atoms with van der Waals surface area (Å²) in [7, 11) is 4.53. The molecule has 0 radical (unpaired) electrons. The Kier molecular flexibility index (Phi) is 4.70. The van der Waals surface area contributed by atoms with Crippen molar-refractivity contribution in [3.8, 4) is 34.1 Å². The van der Waals surface area contributed by atoms with Crippen LogP contribution in [0.5, 0.6) is 11.5 Å². The molecule has 0 aliphatic rings. The lowest BCUT2D eigenvalue weighted by Gasteiger charge is -2.07. The van der Waals surface area contributed by atoms with E-state index >= 15 is 0 Å². The number of hydrogen-bond donors (Lipinski definition) is 0. The van der Waals surface area contributed by atoms with E-state index in [1.54, 1.807) is 32.4 Å². The summed E-state index contributed by atoms with van der Waals surface area (Å²) in [6.07, 6.45) is 0. The molecule has 25 heavy (non-hydrogen) atoms. The molecule has 6 heteroatoms. The van der Waals surface area contributed by atoms with Crippen LogP contribution in [0.1, 0.15) is 10.4 Å². The third-order valence-electron chi connectivity index (χ3n) is 3.81. The predicted octanol–water partition coefficient (Wildman–Crippen LogP) is 3.23. The van der Waals surface area contributed by atoms with E-state index in [0.29, 0.717) is 22.8 Å². The average molecular weight is 340 g/mol. The van der Waals surface area contributed by atoms with Crippen LogP contribution in [-0.2, 0) is 4.74 Å². The number of hydrogen-bond acceptors (Lipinski definition) is 5. The van der Waals surface area contributed by atoms with Crippen LogP contribution in [0.15, 0.2) is 53.1 Å². The number of carbonyl (C=O) groups excluding carboxylic acids is 1. The number of nitrogens with one attached hydrogen (secondary N) is 1. The fourth-order valence-electron chi connectivity index (χ4n) is 2.51. The van der Waals surface area contributed by atoms with Crippen molar-refractivity contribution in [1.29, 1.82) is 0 Å². The molecular weight excluding hydrogens is 322 g/mol. The molecule has 0 saturated carbocycles. The van der Waals surface area contributed by atoms with Gasteiger partial charge in [0.05, 0.1) is 38.5 Å². The van der Waals surface area contributed by atoms with Crippen molar-refractivity contribution in [2.75, 3.05) is 21.3 Å². The molecule has 0 aliphatic heterocycles. The zero-order valence-corrected chi connectivity index (χ0v) is 14.2. The quantitative estimate of drug-likeness (QED) is 0.667. The Hall–Kier alpha value is -3.28. The summed E-state index contributed by atoms with van der Waals surface area (Å²) < 4.78 is 20.9. The highest BCUT2D eigenvalue weighted by atomic mass is 16.5. The first-order valence-electron chi connectivity index (χ1n) is 7.59. The Bertz CT molecular complexity index is 900. The average Bonchev–Trinajstić information content (AvgIpc) is 3.17. The van der Waals surface area contributed by atoms with Crippen molar-refractivity contribution >= 4 is 5.97 Å². The second-order valence-corrected chi connectivity index (χ2v) is 5.27. The number of aromatic nitrogens is 1. The fraction of sp³-hybridized carbons (Fsp3) is 0.158. The van der Waals surface area contributed by atoms with Crippen LogP contribution in [0.3, 0.4) is 0 Å². The van der Waals surface area contributed by atoms with Gasteiger partial charge in [0.1, 0.15) is 0 Å². The third kappa shape index (κ3) is 3.33. The molecule has 0 unspecified atom stereocenters. The topological polar surface area (TPSA) is 72.0 Å². The maximum Gasteiger partial charge on any atom is 0.337 e. The first kappa shape index (κ1) is 16.6. The summed E-state index contributed by atoms with van der Waals surface area (Å²) in [4.78, 5) is 11.7.